The number of benzene rings is 2. The van der Waals surface area contributed by atoms with E-state index in [0.29, 0.717) is 11.5 Å². The Hall–Kier alpha value is -3.13. The minimum atomic E-state index is -0.354. The van der Waals surface area contributed by atoms with Gasteiger partial charge in [-0.2, -0.15) is 5.10 Å². The van der Waals surface area contributed by atoms with Gasteiger partial charge >= 0.3 is 0 Å². The number of nitrogens with zero attached hydrogens (tertiary/aromatic N) is 3. The van der Waals surface area contributed by atoms with E-state index >= 15 is 0 Å². The molecule has 196 valence electrons. The molecular formula is C29H35FN4O2S. The number of aromatic nitrogens is 2. The number of carbonyl (C=O) groups excluding carboxylic acids is 2. The number of aryl methyl sites for hydroxylation is 1. The number of hydrogen-bond donors (Lipinski definition) is 1. The second kappa shape index (κ2) is 10.7. The fourth-order valence-corrected chi connectivity index (χ4v) is 5.82. The number of carbonyl (C=O) groups is 2. The van der Waals surface area contributed by atoms with Crippen LogP contribution in [0, 0.1) is 12.7 Å². The zero-order chi connectivity index (χ0) is 26.9. The first kappa shape index (κ1) is 26.9. The molecule has 0 saturated heterocycles. The normalized spacial score (nSPS) is 16.8. The van der Waals surface area contributed by atoms with E-state index in [4.69, 9.17) is 5.10 Å². The number of anilines is 1. The first-order chi connectivity index (χ1) is 17.5. The Labute approximate surface area is 222 Å². The molecule has 8 heteroatoms. The number of hydrogen-bond acceptors (Lipinski definition) is 4. The number of halogens is 1. The quantitative estimate of drug-likeness (QED) is 0.451. The van der Waals surface area contributed by atoms with E-state index in [1.807, 2.05) is 26.0 Å². The van der Waals surface area contributed by atoms with E-state index in [0.717, 1.165) is 28.8 Å². The van der Waals surface area contributed by atoms with Gasteiger partial charge in [-0.05, 0) is 55.7 Å². The Morgan fingerprint density at radius 1 is 1.19 bits per heavy atom. The van der Waals surface area contributed by atoms with E-state index in [1.54, 1.807) is 33.5 Å². The first-order valence-corrected chi connectivity index (χ1v) is 13.7. The predicted molar refractivity (Wildman–Crippen MR) is 148 cm³/mol. The van der Waals surface area contributed by atoms with Gasteiger partial charge < -0.3 is 5.32 Å². The third-order valence-electron chi connectivity index (χ3n) is 6.66. The minimum absolute atomic E-state index is 0.00436. The second-order valence-electron chi connectivity index (χ2n) is 10.6. The Kier molecular flexibility index (Phi) is 7.78. The van der Waals surface area contributed by atoms with E-state index in [1.165, 1.54) is 12.1 Å². The third kappa shape index (κ3) is 5.59. The van der Waals surface area contributed by atoms with Crippen molar-refractivity contribution in [2.24, 2.45) is 0 Å². The molecule has 0 unspecified atom stereocenters. The van der Waals surface area contributed by atoms with Gasteiger partial charge in [-0.15, -0.1) is 11.8 Å². The van der Waals surface area contributed by atoms with Gasteiger partial charge in [0.15, 0.2) is 0 Å². The summed E-state index contributed by atoms with van der Waals surface area (Å²) in [4.78, 5) is 28.3. The van der Waals surface area contributed by atoms with Crippen LogP contribution in [-0.4, -0.2) is 39.9 Å². The highest BCUT2D eigenvalue weighted by molar-refractivity contribution is 8.00. The predicted octanol–water partition coefficient (Wildman–Crippen LogP) is 5.70. The highest BCUT2D eigenvalue weighted by Gasteiger charge is 2.40. The van der Waals surface area contributed by atoms with Crippen LogP contribution in [0.15, 0.2) is 48.5 Å². The summed E-state index contributed by atoms with van der Waals surface area (Å²) in [6.45, 7) is 12.2. The van der Waals surface area contributed by atoms with Gasteiger partial charge in [-0.3, -0.25) is 14.5 Å². The van der Waals surface area contributed by atoms with Crippen molar-refractivity contribution in [3.63, 3.8) is 0 Å². The summed E-state index contributed by atoms with van der Waals surface area (Å²) in [5, 5.41) is 7.86. The summed E-state index contributed by atoms with van der Waals surface area (Å²) in [5.74, 6) is 0.0472. The summed E-state index contributed by atoms with van der Waals surface area (Å²) in [7, 11) is 0. The zero-order valence-corrected chi connectivity index (χ0v) is 23.2. The van der Waals surface area contributed by atoms with Crippen molar-refractivity contribution >= 4 is 29.4 Å². The number of amides is 2. The fraction of sp³-hybridized carbons (Fsp3) is 0.414. The molecule has 37 heavy (non-hydrogen) atoms. The maximum Gasteiger partial charge on any atom is 0.240 e. The van der Waals surface area contributed by atoms with Gasteiger partial charge in [-0.1, -0.05) is 52.0 Å². The maximum absolute atomic E-state index is 13.8. The molecule has 0 spiro atoms. The fourth-order valence-electron chi connectivity index (χ4n) is 4.53. The van der Waals surface area contributed by atoms with E-state index < -0.39 is 0 Å². The van der Waals surface area contributed by atoms with Crippen LogP contribution in [0.4, 0.5) is 10.2 Å². The van der Waals surface area contributed by atoms with Crippen molar-refractivity contribution in [1.29, 1.82) is 0 Å². The van der Waals surface area contributed by atoms with Crippen LogP contribution in [0.25, 0.3) is 5.69 Å². The monoisotopic (exact) mass is 522 g/mol. The van der Waals surface area contributed by atoms with Crippen molar-refractivity contribution < 1.29 is 14.0 Å². The van der Waals surface area contributed by atoms with E-state index in [-0.39, 0.29) is 46.6 Å². The van der Waals surface area contributed by atoms with Crippen LogP contribution in [0.1, 0.15) is 68.7 Å². The van der Waals surface area contributed by atoms with Crippen LogP contribution < -0.4 is 10.2 Å². The summed E-state index contributed by atoms with van der Waals surface area (Å²) in [5.41, 5.74) is 4.26. The average molecular weight is 523 g/mol. The highest BCUT2D eigenvalue weighted by atomic mass is 32.2. The van der Waals surface area contributed by atoms with Gasteiger partial charge in [0, 0.05) is 17.0 Å². The second-order valence-corrected chi connectivity index (χ2v) is 11.7. The van der Waals surface area contributed by atoms with Crippen LogP contribution >= 0.6 is 11.8 Å². The minimum Gasteiger partial charge on any atom is -0.352 e. The standard InChI is InChI=1S/C29H35FN4O2S/c1-7-19(3)31-23(35)16-33-24(36)17-37-26(22-11-9-8-10-18(22)2)25-27(29(4,5)6)32-34(28(25)33)21-14-12-20(30)13-15-21/h8-15,19,26H,7,16-17H2,1-6H3,(H,31,35)/t19-,26-/m0/s1. The summed E-state index contributed by atoms with van der Waals surface area (Å²) < 4.78 is 15.6. The molecule has 2 atom stereocenters. The van der Waals surface area contributed by atoms with Gasteiger partial charge in [0.25, 0.3) is 0 Å². The Balaban J connectivity index is 1.99. The number of fused-ring (bicyclic) bond motifs is 1. The molecule has 0 radical (unpaired) electrons. The molecule has 1 N–H and O–H groups in total. The topological polar surface area (TPSA) is 67.2 Å². The summed E-state index contributed by atoms with van der Waals surface area (Å²) >= 11 is 1.56. The number of nitrogens with one attached hydrogen (secondary N) is 1. The van der Waals surface area contributed by atoms with Crippen LogP contribution in [0.2, 0.25) is 0 Å². The Bertz CT molecular complexity index is 1300. The van der Waals surface area contributed by atoms with Crippen LogP contribution in [-0.2, 0) is 15.0 Å². The Morgan fingerprint density at radius 3 is 2.49 bits per heavy atom. The lowest BCUT2D eigenvalue weighted by atomic mass is 9.86. The molecule has 2 amide bonds. The van der Waals surface area contributed by atoms with Crippen LogP contribution in [0.5, 0.6) is 0 Å². The lowest BCUT2D eigenvalue weighted by Crippen LogP contribution is -2.44. The van der Waals surface area contributed by atoms with E-state index in [2.05, 4.69) is 45.1 Å². The Morgan fingerprint density at radius 2 is 1.86 bits per heavy atom. The van der Waals surface area contributed by atoms with Gasteiger partial charge in [0.05, 0.1) is 22.4 Å². The molecule has 1 aromatic heterocycles. The van der Waals surface area contributed by atoms with Crippen molar-refractivity contribution in [3.05, 3.63) is 76.7 Å². The molecule has 0 saturated carbocycles. The SMILES string of the molecule is CC[C@H](C)NC(=O)CN1C(=O)CS[C@@H](c2ccccc2C)c2c(C(C)(C)C)nn(-c3ccc(F)cc3)c21. The zero-order valence-electron chi connectivity index (χ0n) is 22.3. The molecule has 0 bridgehead atoms. The third-order valence-corrected chi connectivity index (χ3v) is 7.90. The number of thioether (sulfide) groups is 1. The van der Waals surface area contributed by atoms with Gasteiger partial charge in [0.1, 0.15) is 18.2 Å². The van der Waals surface area contributed by atoms with Gasteiger partial charge in [0.2, 0.25) is 11.8 Å². The molecule has 6 nitrogen and oxygen atoms in total. The van der Waals surface area contributed by atoms with Crippen molar-refractivity contribution in [2.45, 2.75) is 64.7 Å². The molecule has 0 aliphatic carbocycles. The molecule has 1 aliphatic rings. The molecule has 0 fully saturated rings. The van der Waals surface area contributed by atoms with Crippen LogP contribution in [0.3, 0.4) is 0 Å². The molecule has 2 heterocycles. The first-order valence-electron chi connectivity index (χ1n) is 12.7. The van der Waals surface area contributed by atoms with Crippen molar-refractivity contribution in [1.82, 2.24) is 15.1 Å². The molecule has 1 aliphatic heterocycles. The highest BCUT2D eigenvalue weighted by Crippen LogP contribution is 2.49. The lowest BCUT2D eigenvalue weighted by Gasteiger charge is -2.25. The average Bonchev–Trinajstić information content (AvgIpc) is 3.18. The maximum atomic E-state index is 13.8. The lowest BCUT2D eigenvalue weighted by molar-refractivity contribution is -0.123. The number of rotatable bonds is 6. The smallest absolute Gasteiger partial charge is 0.240 e. The van der Waals surface area contributed by atoms with Gasteiger partial charge in [-0.25, -0.2) is 9.07 Å². The molecule has 3 aromatic rings. The molecular weight excluding hydrogens is 487 g/mol. The summed E-state index contributed by atoms with van der Waals surface area (Å²) in [6.07, 6.45) is 0.790. The van der Waals surface area contributed by atoms with Crippen molar-refractivity contribution in [3.8, 4) is 5.69 Å². The van der Waals surface area contributed by atoms with Crippen molar-refractivity contribution in [2.75, 3.05) is 17.2 Å². The largest absolute Gasteiger partial charge is 0.352 e. The van der Waals surface area contributed by atoms with E-state index in [9.17, 15) is 14.0 Å². The molecule has 2 aromatic carbocycles. The molecule has 4 rings (SSSR count). The summed E-state index contributed by atoms with van der Waals surface area (Å²) in [6, 6.07) is 14.2.